The average molecular weight is 373 g/mol. The Morgan fingerprint density at radius 1 is 0.926 bits per heavy atom. The first-order valence-corrected chi connectivity index (χ1v) is 8.24. The quantitative estimate of drug-likeness (QED) is 0.662. The zero-order chi connectivity index (χ0) is 19.8. The van der Waals surface area contributed by atoms with Gasteiger partial charge in [0.1, 0.15) is 5.75 Å². The van der Waals surface area contributed by atoms with Crippen LogP contribution in [0.5, 0.6) is 17.2 Å². The summed E-state index contributed by atoms with van der Waals surface area (Å²) in [7, 11) is 6.15. The predicted molar refractivity (Wildman–Crippen MR) is 99.3 cm³/mol. The maximum absolute atomic E-state index is 12.3. The molecule has 1 amide bonds. The molecule has 0 fully saturated rings. The van der Waals surface area contributed by atoms with Crippen molar-refractivity contribution in [3.8, 4) is 17.2 Å². The number of ether oxygens (including phenoxy) is 4. The standard InChI is InChI=1S/C20H23NO6/c1-21(12-14-5-10-17(24-2)18(11-14)25-3)19(22)13-27-16-8-6-15(7-9-16)20(23)26-4/h5-11H,12-13H2,1-4H3. The molecule has 0 atom stereocenters. The fourth-order valence-corrected chi connectivity index (χ4v) is 2.40. The van der Waals surface area contributed by atoms with Gasteiger partial charge in [0.2, 0.25) is 0 Å². The number of rotatable bonds is 8. The van der Waals surface area contributed by atoms with Gasteiger partial charge < -0.3 is 23.8 Å². The molecule has 7 heteroatoms. The number of hydrogen-bond donors (Lipinski definition) is 0. The number of carbonyl (C=O) groups excluding carboxylic acids is 2. The van der Waals surface area contributed by atoms with Crippen LogP contribution >= 0.6 is 0 Å². The van der Waals surface area contributed by atoms with E-state index < -0.39 is 5.97 Å². The van der Waals surface area contributed by atoms with Crippen LogP contribution in [0.25, 0.3) is 0 Å². The SMILES string of the molecule is COC(=O)c1ccc(OCC(=O)N(C)Cc2ccc(OC)c(OC)c2)cc1. The molecular weight excluding hydrogens is 350 g/mol. The van der Waals surface area contributed by atoms with Crippen molar-refractivity contribution in [1.82, 2.24) is 4.90 Å². The van der Waals surface area contributed by atoms with E-state index in [1.807, 2.05) is 12.1 Å². The molecule has 27 heavy (non-hydrogen) atoms. The average Bonchev–Trinajstić information content (AvgIpc) is 2.71. The van der Waals surface area contributed by atoms with Crippen LogP contribution in [-0.2, 0) is 16.1 Å². The Morgan fingerprint density at radius 2 is 1.59 bits per heavy atom. The van der Waals surface area contributed by atoms with Crippen LogP contribution in [0.4, 0.5) is 0 Å². The van der Waals surface area contributed by atoms with E-state index in [1.54, 1.807) is 56.5 Å². The van der Waals surface area contributed by atoms with Crippen LogP contribution in [-0.4, -0.2) is 51.8 Å². The van der Waals surface area contributed by atoms with Gasteiger partial charge in [-0.2, -0.15) is 0 Å². The summed E-state index contributed by atoms with van der Waals surface area (Å²) in [5.74, 6) is 1.14. The maximum Gasteiger partial charge on any atom is 0.337 e. The number of likely N-dealkylation sites (N-methyl/N-ethyl adjacent to an activating group) is 1. The van der Waals surface area contributed by atoms with Gasteiger partial charge in [0.15, 0.2) is 18.1 Å². The van der Waals surface area contributed by atoms with E-state index in [1.165, 1.54) is 7.11 Å². The van der Waals surface area contributed by atoms with Gasteiger partial charge in [-0.1, -0.05) is 6.07 Å². The summed E-state index contributed by atoms with van der Waals surface area (Å²) >= 11 is 0. The van der Waals surface area contributed by atoms with Crippen molar-refractivity contribution in [1.29, 1.82) is 0 Å². The molecule has 0 N–H and O–H groups in total. The van der Waals surface area contributed by atoms with Gasteiger partial charge in [0, 0.05) is 13.6 Å². The van der Waals surface area contributed by atoms with Gasteiger partial charge in [0.25, 0.3) is 5.91 Å². The number of methoxy groups -OCH3 is 3. The molecule has 0 radical (unpaired) electrons. The van der Waals surface area contributed by atoms with Crippen LogP contribution in [0.2, 0.25) is 0 Å². The number of amides is 1. The Labute approximate surface area is 158 Å². The summed E-state index contributed by atoms with van der Waals surface area (Å²) in [4.78, 5) is 25.2. The van der Waals surface area contributed by atoms with E-state index in [9.17, 15) is 9.59 Å². The van der Waals surface area contributed by atoms with Crippen molar-refractivity contribution in [2.75, 3.05) is 35.0 Å². The lowest BCUT2D eigenvalue weighted by Gasteiger charge is -2.18. The van der Waals surface area contributed by atoms with Gasteiger partial charge >= 0.3 is 5.97 Å². The van der Waals surface area contributed by atoms with Gasteiger partial charge in [0.05, 0.1) is 26.9 Å². The molecule has 0 bridgehead atoms. The highest BCUT2D eigenvalue weighted by atomic mass is 16.5. The van der Waals surface area contributed by atoms with E-state index in [0.717, 1.165) is 5.56 Å². The molecule has 0 heterocycles. The maximum atomic E-state index is 12.3. The molecule has 0 unspecified atom stereocenters. The molecule has 0 spiro atoms. The normalized spacial score (nSPS) is 10.1. The Bertz CT molecular complexity index is 788. The molecule has 0 aliphatic heterocycles. The second-order valence-electron chi connectivity index (χ2n) is 5.74. The van der Waals surface area contributed by atoms with Crippen LogP contribution in [0, 0.1) is 0 Å². The van der Waals surface area contributed by atoms with Gasteiger partial charge in [-0.3, -0.25) is 4.79 Å². The number of hydrogen-bond acceptors (Lipinski definition) is 6. The third kappa shape index (κ3) is 5.37. The summed E-state index contributed by atoms with van der Waals surface area (Å²) in [6.07, 6.45) is 0. The van der Waals surface area contributed by atoms with E-state index in [-0.39, 0.29) is 12.5 Å². The highest BCUT2D eigenvalue weighted by molar-refractivity contribution is 5.89. The van der Waals surface area contributed by atoms with Crippen molar-refractivity contribution in [3.05, 3.63) is 53.6 Å². The van der Waals surface area contributed by atoms with E-state index in [2.05, 4.69) is 4.74 Å². The van der Waals surface area contributed by atoms with Crippen molar-refractivity contribution in [2.45, 2.75) is 6.54 Å². The highest BCUT2D eigenvalue weighted by Gasteiger charge is 2.13. The first-order valence-electron chi connectivity index (χ1n) is 8.24. The van der Waals surface area contributed by atoms with Crippen LogP contribution in [0.15, 0.2) is 42.5 Å². The predicted octanol–water partition coefficient (Wildman–Crippen LogP) is 2.53. The molecule has 144 valence electrons. The van der Waals surface area contributed by atoms with E-state index in [0.29, 0.717) is 29.4 Å². The topological polar surface area (TPSA) is 74.3 Å². The summed E-state index contributed by atoms with van der Waals surface area (Å²) in [6.45, 7) is 0.297. The molecule has 0 saturated carbocycles. The van der Waals surface area contributed by atoms with Crippen molar-refractivity contribution >= 4 is 11.9 Å². The molecule has 0 aliphatic rings. The molecule has 7 nitrogen and oxygen atoms in total. The van der Waals surface area contributed by atoms with Crippen molar-refractivity contribution in [3.63, 3.8) is 0 Å². The molecule has 2 aromatic carbocycles. The Morgan fingerprint density at radius 3 is 2.19 bits per heavy atom. The lowest BCUT2D eigenvalue weighted by molar-refractivity contribution is -0.132. The summed E-state index contributed by atoms with van der Waals surface area (Å²) in [6, 6.07) is 11.9. The minimum atomic E-state index is -0.424. The van der Waals surface area contributed by atoms with Gasteiger partial charge in [-0.05, 0) is 42.0 Å². The van der Waals surface area contributed by atoms with Gasteiger partial charge in [-0.25, -0.2) is 4.79 Å². The third-order valence-electron chi connectivity index (χ3n) is 3.93. The van der Waals surface area contributed by atoms with Gasteiger partial charge in [-0.15, -0.1) is 0 Å². The molecule has 0 aromatic heterocycles. The Kier molecular flexibility index (Phi) is 7.05. The largest absolute Gasteiger partial charge is 0.493 e. The summed E-state index contributed by atoms with van der Waals surface area (Å²) in [5, 5.41) is 0. The minimum Gasteiger partial charge on any atom is -0.493 e. The zero-order valence-electron chi connectivity index (χ0n) is 15.9. The van der Waals surface area contributed by atoms with E-state index >= 15 is 0 Å². The minimum absolute atomic E-state index is 0.110. The van der Waals surface area contributed by atoms with Crippen molar-refractivity contribution in [2.24, 2.45) is 0 Å². The number of carbonyl (C=O) groups is 2. The molecule has 0 saturated heterocycles. The van der Waals surface area contributed by atoms with Crippen LogP contribution < -0.4 is 14.2 Å². The second kappa shape index (κ2) is 9.47. The monoisotopic (exact) mass is 373 g/mol. The number of benzene rings is 2. The number of nitrogens with zero attached hydrogens (tertiary/aromatic N) is 1. The third-order valence-corrected chi connectivity index (χ3v) is 3.93. The molecule has 2 aromatic rings. The highest BCUT2D eigenvalue weighted by Crippen LogP contribution is 2.27. The molecule has 2 rings (SSSR count). The molecular formula is C20H23NO6. The Balaban J connectivity index is 1.91. The fourth-order valence-electron chi connectivity index (χ4n) is 2.40. The Hall–Kier alpha value is -3.22. The number of esters is 1. The van der Waals surface area contributed by atoms with Crippen molar-refractivity contribution < 1.29 is 28.5 Å². The lowest BCUT2D eigenvalue weighted by atomic mass is 10.2. The van der Waals surface area contributed by atoms with E-state index in [4.69, 9.17) is 14.2 Å². The summed E-state index contributed by atoms with van der Waals surface area (Å²) < 4.78 is 20.6. The zero-order valence-corrected chi connectivity index (χ0v) is 15.9. The van der Waals surface area contributed by atoms with Crippen LogP contribution in [0.1, 0.15) is 15.9 Å². The molecule has 0 aliphatic carbocycles. The van der Waals surface area contributed by atoms with Crippen LogP contribution in [0.3, 0.4) is 0 Å². The second-order valence-corrected chi connectivity index (χ2v) is 5.74. The first kappa shape index (κ1) is 20.1. The smallest absolute Gasteiger partial charge is 0.337 e. The summed E-state index contributed by atoms with van der Waals surface area (Å²) in [5.41, 5.74) is 1.33. The lowest BCUT2D eigenvalue weighted by Crippen LogP contribution is -2.30. The fraction of sp³-hybridized carbons (Fsp3) is 0.300. The first-order chi connectivity index (χ1) is 13.0.